The van der Waals surface area contributed by atoms with Gasteiger partial charge in [0.25, 0.3) is 0 Å². The van der Waals surface area contributed by atoms with E-state index in [1.807, 2.05) is 24.3 Å². The monoisotopic (exact) mass is 418 g/mol. The predicted molar refractivity (Wildman–Crippen MR) is 98.9 cm³/mol. The number of halogens is 1. The van der Waals surface area contributed by atoms with Gasteiger partial charge in [-0.1, -0.05) is 12.1 Å². The molecule has 0 radical (unpaired) electrons. The Hall–Kier alpha value is -1.51. The van der Waals surface area contributed by atoms with E-state index >= 15 is 0 Å². The van der Waals surface area contributed by atoms with Crippen LogP contribution >= 0.6 is 24.0 Å². The zero-order chi connectivity index (χ0) is 15.1. The van der Waals surface area contributed by atoms with E-state index in [2.05, 4.69) is 32.6 Å². The van der Waals surface area contributed by atoms with E-state index in [1.54, 1.807) is 0 Å². The number of methoxy groups -OCH3 is 1. The van der Waals surface area contributed by atoms with Crippen LogP contribution in [0.5, 0.6) is 0 Å². The van der Waals surface area contributed by atoms with E-state index in [0.29, 0.717) is 18.3 Å². The van der Waals surface area contributed by atoms with E-state index in [4.69, 9.17) is 0 Å². The molecule has 1 amide bonds. The summed E-state index contributed by atoms with van der Waals surface area (Å²) in [5, 5.41) is 9.22. The molecule has 0 unspecified atom stereocenters. The first-order valence-electron chi connectivity index (χ1n) is 7.20. The van der Waals surface area contributed by atoms with Gasteiger partial charge >= 0.3 is 6.09 Å². The number of anilines is 1. The summed E-state index contributed by atoms with van der Waals surface area (Å²) in [6, 6.07) is 8.13. The summed E-state index contributed by atoms with van der Waals surface area (Å²) in [5.74, 6) is 0.858. The fourth-order valence-electron chi connectivity index (χ4n) is 1.77. The van der Waals surface area contributed by atoms with Crippen molar-refractivity contribution in [3.05, 3.63) is 29.8 Å². The first kappa shape index (κ1) is 18.5. The summed E-state index contributed by atoms with van der Waals surface area (Å²) in [4.78, 5) is 15.6. The average Bonchev–Trinajstić information content (AvgIpc) is 3.30. The summed E-state index contributed by atoms with van der Waals surface area (Å²) in [6.07, 6.45) is 1.97. The predicted octanol–water partition coefficient (Wildman–Crippen LogP) is 2.70. The standard InChI is InChI=1S/C15H22N4O2.HI/c1-3-16-14(18-12-8-9-12)17-10-11-4-6-13(7-5-11)19-15(20)21-2;/h4-7,12H,3,8-10H2,1-2H3,(H,19,20)(H2,16,17,18);1H. The summed E-state index contributed by atoms with van der Waals surface area (Å²) in [5.41, 5.74) is 1.79. The third-order valence-corrected chi connectivity index (χ3v) is 3.07. The first-order chi connectivity index (χ1) is 10.2. The van der Waals surface area contributed by atoms with Crippen LogP contribution in [0.15, 0.2) is 29.3 Å². The Bertz CT molecular complexity index is 501. The maximum absolute atomic E-state index is 11.1. The Morgan fingerprint density at radius 3 is 2.55 bits per heavy atom. The average molecular weight is 418 g/mol. The lowest BCUT2D eigenvalue weighted by Gasteiger charge is -2.10. The number of carbonyl (C=O) groups is 1. The molecule has 1 saturated carbocycles. The Morgan fingerprint density at radius 1 is 1.32 bits per heavy atom. The highest BCUT2D eigenvalue weighted by atomic mass is 127. The fraction of sp³-hybridized carbons (Fsp3) is 0.467. The van der Waals surface area contributed by atoms with Gasteiger partial charge in [0.2, 0.25) is 0 Å². The number of rotatable bonds is 5. The van der Waals surface area contributed by atoms with E-state index in [1.165, 1.54) is 20.0 Å². The summed E-state index contributed by atoms with van der Waals surface area (Å²) >= 11 is 0. The molecule has 1 aliphatic rings. The van der Waals surface area contributed by atoms with Gasteiger partial charge in [-0.25, -0.2) is 9.79 Å². The normalized spacial score (nSPS) is 13.8. The summed E-state index contributed by atoms with van der Waals surface area (Å²) in [6.45, 7) is 3.50. The SMILES string of the molecule is CCNC(=NCc1ccc(NC(=O)OC)cc1)NC1CC1.I. The van der Waals surface area contributed by atoms with Gasteiger partial charge in [0.15, 0.2) is 5.96 Å². The van der Waals surface area contributed by atoms with E-state index in [-0.39, 0.29) is 24.0 Å². The second kappa shape index (κ2) is 9.50. The van der Waals surface area contributed by atoms with Crippen LogP contribution in [0.25, 0.3) is 0 Å². The number of amides is 1. The van der Waals surface area contributed by atoms with Crippen LogP contribution < -0.4 is 16.0 Å². The van der Waals surface area contributed by atoms with Crippen LogP contribution in [0, 0.1) is 0 Å². The third kappa shape index (κ3) is 6.50. The molecule has 6 nitrogen and oxygen atoms in total. The van der Waals surface area contributed by atoms with Gasteiger partial charge in [0.1, 0.15) is 0 Å². The van der Waals surface area contributed by atoms with E-state index in [0.717, 1.165) is 18.1 Å². The lowest BCUT2D eigenvalue weighted by Crippen LogP contribution is -2.38. The van der Waals surface area contributed by atoms with Gasteiger partial charge in [-0.15, -0.1) is 24.0 Å². The number of hydrogen-bond donors (Lipinski definition) is 3. The number of ether oxygens (including phenoxy) is 1. The third-order valence-electron chi connectivity index (χ3n) is 3.07. The second-order valence-corrected chi connectivity index (χ2v) is 4.93. The highest BCUT2D eigenvalue weighted by Crippen LogP contribution is 2.18. The van der Waals surface area contributed by atoms with Gasteiger partial charge in [-0.3, -0.25) is 5.32 Å². The van der Waals surface area contributed by atoms with Crippen molar-refractivity contribution in [2.75, 3.05) is 19.0 Å². The largest absolute Gasteiger partial charge is 0.453 e. The lowest BCUT2D eigenvalue weighted by molar-refractivity contribution is 0.187. The minimum Gasteiger partial charge on any atom is -0.453 e. The molecule has 22 heavy (non-hydrogen) atoms. The summed E-state index contributed by atoms with van der Waals surface area (Å²) in [7, 11) is 1.34. The number of carbonyl (C=O) groups excluding carboxylic acids is 1. The van der Waals surface area contributed by atoms with Crippen LogP contribution in [0.2, 0.25) is 0 Å². The molecule has 0 atom stereocenters. The smallest absolute Gasteiger partial charge is 0.411 e. The van der Waals surface area contributed by atoms with Crippen molar-refractivity contribution >= 4 is 41.7 Å². The maximum Gasteiger partial charge on any atom is 0.411 e. The Morgan fingerprint density at radius 2 is 2.00 bits per heavy atom. The van der Waals surface area contributed by atoms with Gasteiger partial charge in [-0.05, 0) is 37.5 Å². The molecule has 0 bridgehead atoms. The Kier molecular flexibility index (Phi) is 8.00. The second-order valence-electron chi connectivity index (χ2n) is 4.93. The Balaban J connectivity index is 0.00000242. The molecular formula is C15H23IN4O2. The van der Waals surface area contributed by atoms with Crippen molar-refractivity contribution in [2.24, 2.45) is 4.99 Å². The molecule has 0 aromatic heterocycles. The van der Waals surface area contributed by atoms with Gasteiger partial charge in [0.05, 0.1) is 13.7 Å². The highest BCUT2D eigenvalue weighted by molar-refractivity contribution is 14.0. The zero-order valence-corrected chi connectivity index (χ0v) is 15.2. The minimum atomic E-state index is -0.469. The van der Waals surface area contributed by atoms with Crippen molar-refractivity contribution in [1.82, 2.24) is 10.6 Å². The highest BCUT2D eigenvalue weighted by Gasteiger charge is 2.21. The van der Waals surface area contributed by atoms with Crippen LogP contribution in [-0.4, -0.2) is 31.7 Å². The van der Waals surface area contributed by atoms with Crippen molar-refractivity contribution in [3.63, 3.8) is 0 Å². The number of benzene rings is 1. The molecule has 1 aromatic rings. The van der Waals surface area contributed by atoms with Crippen molar-refractivity contribution in [3.8, 4) is 0 Å². The van der Waals surface area contributed by atoms with Gasteiger partial charge in [0, 0.05) is 18.3 Å². The quantitative estimate of drug-likeness (QED) is 0.391. The molecule has 1 fully saturated rings. The molecule has 122 valence electrons. The number of hydrogen-bond acceptors (Lipinski definition) is 3. The van der Waals surface area contributed by atoms with Crippen LogP contribution in [0.1, 0.15) is 25.3 Å². The molecule has 0 aliphatic heterocycles. The molecule has 7 heteroatoms. The molecule has 1 aliphatic carbocycles. The molecule has 3 N–H and O–H groups in total. The molecule has 0 spiro atoms. The Labute approximate surface area is 148 Å². The van der Waals surface area contributed by atoms with Gasteiger partial charge in [-0.2, -0.15) is 0 Å². The summed E-state index contributed by atoms with van der Waals surface area (Å²) < 4.78 is 4.54. The van der Waals surface area contributed by atoms with Gasteiger partial charge < -0.3 is 15.4 Å². The molecule has 0 saturated heterocycles. The van der Waals surface area contributed by atoms with Crippen LogP contribution in [-0.2, 0) is 11.3 Å². The number of aliphatic imine (C=N–C) groups is 1. The maximum atomic E-state index is 11.1. The number of nitrogens with one attached hydrogen (secondary N) is 3. The first-order valence-corrected chi connectivity index (χ1v) is 7.20. The molecule has 2 rings (SSSR count). The number of guanidine groups is 1. The zero-order valence-electron chi connectivity index (χ0n) is 12.9. The number of nitrogens with zero attached hydrogens (tertiary/aromatic N) is 1. The van der Waals surface area contributed by atoms with Crippen LogP contribution in [0.3, 0.4) is 0 Å². The van der Waals surface area contributed by atoms with E-state index in [9.17, 15) is 4.79 Å². The van der Waals surface area contributed by atoms with Crippen molar-refractivity contribution in [2.45, 2.75) is 32.4 Å². The van der Waals surface area contributed by atoms with Crippen molar-refractivity contribution in [1.29, 1.82) is 0 Å². The lowest BCUT2D eigenvalue weighted by atomic mass is 10.2. The van der Waals surface area contributed by atoms with Crippen molar-refractivity contribution < 1.29 is 9.53 Å². The fourth-order valence-corrected chi connectivity index (χ4v) is 1.77. The topological polar surface area (TPSA) is 74.8 Å². The molecular weight excluding hydrogens is 395 g/mol. The van der Waals surface area contributed by atoms with E-state index < -0.39 is 6.09 Å². The minimum absolute atomic E-state index is 0. The van der Waals surface area contributed by atoms with Crippen LogP contribution in [0.4, 0.5) is 10.5 Å². The molecule has 0 heterocycles. The molecule has 1 aromatic carbocycles.